The fourth-order valence-electron chi connectivity index (χ4n) is 5.27. The lowest BCUT2D eigenvalue weighted by Gasteiger charge is -2.37. The number of carbonyl (C=O) groups is 4. The van der Waals surface area contributed by atoms with Crippen molar-refractivity contribution < 1.29 is 23.9 Å². The molecule has 1 unspecified atom stereocenters. The summed E-state index contributed by atoms with van der Waals surface area (Å²) in [4.78, 5) is 53.7. The number of aromatic nitrogens is 1. The van der Waals surface area contributed by atoms with Gasteiger partial charge in [0, 0.05) is 10.9 Å². The average Bonchev–Trinajstić information content (AvgIpc) is 3.48. The Morgan fingerprint density at radius 2 is 2.00 bits per heavy atom. The zero-order chi connectivity index (χ0) is 24.7. The van der Waals surface area contributed by atoms with Crippen molar-refractivity contribution in [2.75, 3.05) is 7.11 Å². The van der Waals surface area contributed by atoms with Crippen LogP contribution in [0.4, 0.5) is 0 Å². The molecule has 2 aliphatic carbocycles. The zero-order valence-corrected chi connectivity index (χ0v) is 19.3. The number of carbonyl (C=O) groups excluding carboxylic acids is 4. The van der Waals surface area contributed by atoms with E-state index in [9.17, 15) is 24.4 Å². The molecule has 10 nitrogen and oxygen atoms in total. The standard InChI is InChI=1S/C25H27N5O5/c1-35-20-4-2-3-17-15(20)10-19(27-17)23(33)28-18(9-13-5-6-13)24(34)30-25(12-26)8-7-14-16(11-25)22(32)29-21(14)31/h2-4,10,13-14,16,18,27H,5-9,11H2,1H3,(H,28,33)(H,30,34)(H,29,31,32)/t14?,16-,18+,25+/m1/s1. The van der Waals surface area contributed by atoms with E-state index >= 15 is 0 Å². The van der Waals surface area contributed by atoms with Gasteiger partial charge in [-0.15, -0.1) is 0 Å². The van der Waals surface area contributed by atoms with Gasteiger partial charge in [0.1, 0.15) is 23.0 Å². The first kappa shape index (κ1) is 22.9. The Hall–Kier alpha value is -3.87. The first-order valence-electron chi connectivity index (χ1n) is 11.9. The first-order chi connectivity index (χ1) is 16.8. The Bertz CT molecular complexity index is 1260. The van der Waals surface area contributed by atoms with Gasteiger partial charge in [-0.25, -0.2) is 0 Å². The third-order valence-corrected chi connectivity index (χ3v) is 7.41. The minimum Gasteiger partial charge on any atom is -0.496 e. The Morgan fingerprint density at radius 1 is 1.23 bits per heavy atom. The van der Waals surface area contributed by atoms with Crippen molar-refractivity contribution >= 4 is 34.5 Å². The molecule has 2 saturated carbocycles. The molecule has 2 aromatic rings. The van der Waals surface area contributed by atoms with Gasteiger partial charge >= 0.3 is 0 Å². The SMILES string of the molecule is COc1cccc2[nH]c(C(=O)N[C@@H](CC3CC3)C(=O)N[C@@]3(C#N)CCC4C(=O)NC(=O)[C@@H]4C3)cc12. The monoisotopic (exact) mass is 477 g/mol. The highest BCUT2D eigenvalue weighted by Crippen LogP contribution is 2.40. The summed E-state index contributed by atoms with van der Waals surface area (Å²) in [7, 11) is 1.56. The fraction of sp³-hybridized carbons (Fsp3) is 0.480. The molecule has 1 aromatic heterocycles. The van der Waals surface area contributed by atoms with E-state index in [1.165, 1.54) is 0 Å². The second kappa shape index (κ2) is 8.73. The Kier molecular flexibility index (Phi) is 5.71. The highest BCUT2D eigenvalue weighted by atomic mass is 16.5. The molecule has 1 saturated heterocycles. The molecule has 4 N–H and O–H groups in total. The van der Waals surface area contributed by atoms with Gasteiger partial charge in [0.05, 0.1) is 25.0 Å². The minimum atomic E-state index is -1.26. The van der Waals surface area contributed by atoms with E-state index in [4.69, 9.17) is 4.74 Å². The van der Waals surface area contributed by atoms with Crippen LogP contribution in [0.1, 0.15) is 49.0 Å². The van der Waals surface area contributed by atoms with E-state index in [2.05, 4.69) is 27.0 Å². The van der Waals surface area contributed by atoms with E-state index in [0.29, 0.717) is 30.2 Å². The van der Waals surface area contributed by atoms with Crippen LogP contribution in [-0.4, -0.2) is 47.3 Å². The van der Waals surface area contributed by atoms with Crippen LogP contribution in [0.15, 0.2) is 24.3 Å². The van der Waals surface area contributed by atoms with Gasteiger partial charge in [0.2, 0.25) is 17.7 Å². The normalized spacial score (nSPS) is 26.4. The van der Waals surface area contributed by atoms with Crippen LogP contribution in [0.3, 0.4) is 0 Å². The number of nitrogens with zero attached hydrogens (tertiary/aromatic N) is 1. The van der Waals surface area contributed by atoms with Gasteiger partial charge in [-0.3, -0.25) is 24.5 Å². The van der Waals surface area contributed by atoms with Crippen LogP contribution in [0, 0.1) is 29.1 Å². The van der Waals surface area contributed by atoms with Crippen molar-refractivity contribution in [2.45, 2.75) is 50.1 Å². The second-order valence-electron chi connectivity index (χ2n) is 9.80. The molecule has 1 aliphatic heterocycles. The fourth-order valence-corrected chi connectivity index (χ4v) is 5.27. The van der Waals surface area contributed by atoms with Crippen molar-refractivity contribution in [3.63, 3.8) is 0 Å². The maximum atomic E-state index is 13.3. The predicted octanol–water partition coefficient (Wildman–Crippen LogP) is 1.53. The number of nitrogens with one attached hydrogen (secondary N) is 4. The van der Waals surface area contributed by atoms with Gasteiger partial charge in [0.15, 0.2) is 0 Å². The number of amides is 4. The predicted molar refractivity (Wildman–Crippen MR) is 124 cm³/mol. The molecule has 2 heterocycles. The first-order valence-corrected chi connectivity index (χ1v) is 11.9. The smallest absolute Gasteiger partial charge is 0.268 e. The number of H-pyrrole nitrogens is 1. The molecule has 3 fully saturated rings. The number of methoxy groups -OCH3 is 1. The number of benzene rings is 1. The molecule has 1 aromatic carbocycles. The topological polar surface area (TPSA) is 153 Å². The molecule has 35 heavy (non-hydrogen) atoms. The van der Waals surface area contributed by atoms with Crippen LogP contribution in [0.2, 0.25) is 0 Å². The van der Waals surface area contributed by atoms with E-state index in [-0.39, 0.29) is 18.7 Å². The highest BCUT2D eigenvalue weighted by molar-refractivity contribution is 6.05. The lowest BCUT2D eigenvalue weighted by atomic mass is 9.71. The molecule has 0 bridgehead atoms. The number of ether oxygens (including phenoxy) is 1. The molecule has 10 heteroatoms. The van der Waals surface area contributed by atoms with Crippen LogP contribution < -0.4 is 20.7 Å². The van der Waals surface area contributed by atoms with Crippen molar-refractivity contribution in [2.24, 2.45) is 17.8 Å². The summed E-state index contributed by atoms with van der Waals surface area (Å²) in [5.41, 5.74) is -0.224. The number of hydrogen-bond acceptors (Lipinski definition) is 6. The molecular formula is C25H27N5O5. The summed E-state index contributed by atoms with van der Waals surface area (Å²) < 4.78 is 5.36. The van der Waals surface area contributed by atoms with Gasteiger partial charge in [-0.05, 0) is 49.8 Å². The van der Waals surface area contributed by atoms with E-state index < -0.39 is 41.1 Å². The zero-order valence-electron chi connectivity index (χ0n) is 19.3. The number of hydrogen-bond donors (Lipinski definition) is 4. The van der Waals surface area contributed by atoms with Gasteiger partial charge in [-0.1, -0.05) is 18.9 Å². The molecule has 0 spiro atoms. The average molecular weight is 478 g/mol. The summed E-state index contributed by atoms with van der Waals surface area (Å²) in [5, 5.41) is 18.7. The molecule has 0 radical (unpaired) electrons. The number of fused-ring (bicyclic) bond motifs is 2. The molecule has 182 valence electrons. The minimum absolute atomic E-state index is 0.0728. The third-order valence-electron chi connectivity index (χ3n) is 7.41. The summed E-state index contributed by atoms with van der Waals surface area (Å²) in [6, 6.07) is 8.49. The van der Waals surface area contributed by atoms with Gasteiger partial charge < -0.3 is 20.4 Å². The summed E-state index contributed by atoms with van der Waals surface area (Å²) in [6.45, 7) is 0. The Labute approximate surface area is 201 Å². The van der Waals surface area contributed by atoms with Crippen molar-refractivity contribution in [1.82, 2.24) is 20.9 Å². The third kappa shape index (κ3) is 4.34. The van der Waals surface area contributed by atoms with Crippen LogP contribution in [0.25, 0.3) is 10.9 Å². The van der Waals surface area contributed by atoms with Gasteiger partial charge in [0.25, 0.3) is 5.91 Å². The highest BCUT2D eigenvalue weighted by Gasteiger charge is 2.51. The van der Waals surface area contributed by atoms with Gasteiger partial charge in [-0.2, -0.15) is 5.26 Å². The molecular weight excluding hydrogens is 450 g/mol. The van der Waals surface area contributed by atoms with Crippen LogP contribution in [-0.2, 0) is 14.4 Å². The lowest BCUT2D eigenvalue weighted by Crippen LogP contribution is -2.57. The number of nitriles is 1. The van der Waals surface area contributed by atoms with Crippen molar-refractivity contribution in [1.29, 1.82) is 5.26 Å². The molecule has 4 atom stereocenters. The summed E-state index contributed by atoms with van der Waals surface area (Å²) >= 11 is 0. The number of aromatic amines is 1. The Balaban J connectivity index is 1.32. The lowest BCUT2D eigenvalue weighted by molar-refractivity contribution is -0.128. The largest absolute Gasteiger partial charge is 0.496 e. The molecule has 5 rings (SSSR count). The summed E-state index contributed by atoms with van der Waals surface area (Å²) in [5.74, 6) is -1.72. The molecule has 4 amide bonds. The number of imide groups is 1. The molecule has 3 aliphatic rings. The van der Waals surface area contributed by atoms with Crippen LogP contribution in [0.5, 0.6) is 5.75 Å². The van der Waals surface area contributed by atoms with Crippen LogP contribution >= 0.6 is 0 Å². The van der Waals surface area contributed by atoms with E-state index in [0.717, 1.165) is 23.7 Å². The quantitative estimate of drug-likeness (QED) is 0.444. The maximum Gasteiger partial charge on any atom is 0.268 e. The summed E-state index contributed by atoms with van der Waals surface area (Å²) in [6.07, 6.45) is 3.12. The Morgan fingerprint density at radius 3 is 2.71 bits per heavy atom. The second-order valence-corrected chi connectivity index (χ2v) is 9.80. The maximum absolute atomic E-state index is 13.3. The van der Waals surface area contributed by atoms with E-state index in [1.54, 1.807) is 19.2 Å². The number of rotatable bonds is 7. The van der Waals surface area contributed by atoms with Crippen molar-refractivity contribution in [3.05, 3.63) is 30.0 Å². The van der Waals surface area contributed by atoms with Crippen molar-refractivity contribution in [3.8, 4) is 11.8 Å². The van der Waals surface area contributed by atoms with E-state index in [1.807, 2.05) is 12.1 Å².